The first-order valence-electron chi connectivity index (χ1n) is 26.5. The number of unbranched alkanes of at least 4 members (excludes halogenated alkanes) is 1. The number of aliphatic hydroxyl groups excluding tert-OH is 4. The van der Waals surface area contributed by atoms with Gasteiger partial charge in [-0.1, -0.05) is 5.92 Å². The number of carboxylic acid groups (broad SMARTS) is 2. The van der Waals surface area contributed by atoms with Crippen molar-refractivity contribution in [2.45, 2.75) is 113 Å². The van der Waals surface area contributed by atoms with E-state index in [2.05, 4.69) is 32.5 Å². The van der Waals surface area contributed by atoms with Crippen molar-refractivity contribution in [2.24, 2.45) is 11.5 Å². The van der Waals surface area contributed by atoms with E-state index in [9.17, 15) is 59.4 Å². The Balaban J connectivity index is 1.54. The standard InChI is InChI=1S/C50H81N11O20/c1-3-17-74-21-23-76-25-26-77-24-22-75-18-10-40(69)60(14-6-12-56-39(68)8-19-78-43(34(65)29-62)45-41(57-31(2)64)32(58-49(51)52)27-36(80-45)47(70)71)13-5-4-11-55-38(67)9-20-79-44(35(66)30-63)46-42(61-15-7-16-61)33(59-50(53)54)28-37(81-46)48(72)73/h1,15,27-28,32-35,41-46,62-63,65-66H,4-14,16-26,29-30H2,2H3,(H12-,51,52,53,54,55,56,57,58,59,64,67,68,70,71,72,73)/p+1/t32-,33-,34+,35+,41+,42+,43+,44+,45+,46+/m0/s1. The molecule has 3 heterocycles. The Kier molecular flexibility index (Phi) is 32.2. The van der Waals surface area contributed by atoms with Crippen LogP contribution in [-0.2, 0) is 66.7 Å². The highest BCUT2D eigenvalue weighted by Crippen LogP contribution is 2.29. The number of ether oxygens (including phenoxy) is 8. The van der Waals surface area contributed by atoms with Gasteiger partial charge in [-0.25, -0.2) is 14.2 Å². The molecule has 0 unspecified atom stereocenters. The first-order valence-corrected chi connectivity index (χ1v) is 26.5. The summed E-state index contributed by atoms with van der Waals surface area (Å²) in [5.41, 5.74) is 11.1. The van der Waals surface area contributed by atoms with Crippen molar-refractivity contribution in [3.8, 4) is 12.3 Å². The second-order valence-electron chi connectivity index (χ2n) is 18.6. The Morgan fingerprint density at radius 2 is 1.20 bits per heavy atom. The molecule has 0 saturated heterocycles. The van der Waals surface area contributed by atoms with Gasteiger partial charge in [0.25, 0.3) is 0 Å². The number of carboxylic acids is 2. The monoisotopic (exact) mass is 1160 g/mol. The third-order valence-electron chi connectivity index (χ3n) is 12.5. The lowest BCUT2D eigenvalue weighted by Gasteiger charge is -2.41. The topological polar surface area (TPSA) is 464 Å². The molecule has 3 aliphatic rings. The van der Waals surface area contributed by atoms with Crippen LogP contribution in [0.5, 0.6) is 0 Å². The van der Waals surface area contributed by atoms with Crippen molar-refractivity contribution in [3.63, 3.8) is 0 Å². The van der Waals surface area contributed by atoms with Crippen LogP contribution in [0.3, 0.4) is 0 Å². The molecule has 3 aliphatic heterocycles. The lowest BCUT2D eigenvalue weighted by Crippen LogP contribution is -2.64. The van der Waals surface area contributed by atoms with Crippen LogP contribution in [0.25, 0.3) is 0 Å². The van der Waals surface area contributed by atoms with Crippen molar-refractivity contribution in [3.05, 3.63) is 23.7 Å². The van der Waals surface area contributed by atoms with Gasteiger partial charge in [-0.2, -0.15) is 0 Å². The maximum Gasteiger partial charge on any atom is 0.370 e. The van der Waals surface area contributed by atoms with Crippen molar-refractivity contribution >= 4 is 53.7 Å². The highest BCUT2D eigenvalue weighted by atomic mass is 16.6. The molecular weight excluding hydrogens is 1070 g/mol. The van der Waals surface area contributed by atoms with Gasteiger partial charge < -0.3 is 111 Å². The Labute approximate surface area is 469 Å². The Morgan fingerprint density at radius 1 is 0.716 bits per heavy atom. The van der Waals surface area contributed by atoms with Crippen molar-refractivity contribution in [1.82, 2.24) is 31.5 Å². The number of hydrogen-bond acceptors (Lipinski definition) is 20. The van der Waals surface area contributed by atoms with E-state index in [4.69, 9.17) is 66.6 Å². The zero-order chi connectivity index (χ0) is 59.7. The molecule has 0 spiro atoms. The Bertz CT molecular complexity index is 2180. The minimum atomic E-state index is -1.68. The third-order valence-corrected chi connectivity index (χ3v) is 12.5. The summed E-state index contributed by atoms with van der Waals surface area (Å²) in [6.45, 7) is 2.46. The van der Waals surface area contributed by atoms with E-state index in [0.29, 0.717) is 58.7 Å². The van der Waals surface area contributed by atoms with Gasteiger partial charge in [0, 0.05) is 45.9 Å². The lowest BCUT2D eigenvalue weighted by atomic mass is 9.90. The smallest absolute Gasteiger partial charge is 0.370 e. The van der Waals surface area contributed by atoms with E-state index in [0.717, 1.165) is 6.08 Å². The number of nitrogens with two attached hydrogens (primary N) is 2. The van der Waals surface area contributed by atoms with E-state index in [1.54, 1.807) is 4.90 Å². The Morgan fingerprint density at radius 3 is 1.69 bits per heavy atom. The first kappa shape index (κ1) is 68.5. The summed E-state index contributed by atoms with van der Waals surface area (Å²) in [5, 5.41) is 89.7. The number of hydrogen-bond donors (Lipinski definition) is 15. The van der Waals surface area contributed by atoms with Crippen LogP contribution in [0.15, 0.2) is 23.7 Å². The van der Waals surface area contributed by atoms with Crippen LogP contribution in [0.2, 0.25) is 0 Å². The molecule has 0 aromatic carbocycles. The van der Waals surface area contributed by atoms with Gasteiger partial charge in [0.1, 0.15) is 43.3 Å². The van der Waals surface area contributed by atoms with Gasteiger partial charge >= 0.3 is 11.9 Å². The normalized spacial score (nSPS) is 20.8. The molecule has 81 heavy (non-hydrogen) atoms. The van der Waals surface area contributed by atoms with Gasteiger partial charge in [-0.05, 0) is 31.4 Å². The molecular formula is C50H82N11O20+. The highest BCUT2D eigenvalue weighted by molar-refractivity contribution is 5.86. The quantitative estimate of drug-likeness (QED) is 0.00891. The highest BCUT2D eigenvalue weighted by Gasteiger charge is 2.51. The van der Waals surface area contributed by atoms with Crippen LogP contribution >= 0.6 is 0 Å². The van der Waals surface area contributed by atoms with Crippen LogP contribution < -0.4 is 38.1 Å². The minimum absolute atomic E-state index is 0.0293. The molecule has 0 aliphatic carbocycles. The van der Waals surface area contributed by atoms with Crippen molar-refractivity contribution < 1.29 is 102 Å². The fourth-order valence-electron chi connectivity index (χ4n) is 8.63. The molecule has 0 saturated carbocycles. The molecule has 456 valence electrons. The largest absolute Gasteiger partial charge is 0.478 e. The van der Waals surface area contributed by atoms with Crippen molar-refractivity contribution in [1.29, 1.82) is 10.8 Å². The Hall–Kier alpha value is -6.73. The summed E-state index contributed by atoms with van der Waals surface area (Å²) in [4.78, 5) is 77.2. The second-order valence-corrected chi connectivity index (χ2v) is 18.6. The summed E-state index contributed by atoms with van der Waals surface area (Å²) >= 11 is 0. The van der Waals surface area contributed by atoms with Gasteiger partial charge in [-0.15, -0.1) is 6.42 Å². The van der Waals surface area contributed by atoms with Crippen LogP contribution in [-0.4, -0.2) is 267 Å². The predicted molar refractivity (Wildman–Crippen MR) is 284 cm³/mol. The summed E-state index contributed by atoms with van der Waals surface area (Å²) in [7, 11) is 0. The summed E-state index contributed by atoms with van der Waals surface area (Å²) in [6, 6.07) is -3.84. The van der Waals surface area contributed by atoms with Gasteiger partial charge in [0.05, 0.1) is 97.6 Å². The van der Waals surface area contributed by atoms with Crippen LogP contribution in [0.1, 0.15) is 51.9 Å². The molecule has 0 aromatic rings. The summed E-state index contributed by atoms with van der Waals surface area (Å²) in [6.07, 6.45) is 2.13. The SMILES string of the molecule is C#CCOCCOCCOCCOCCC(=O)N(CCCCNC(=O)CCO[C@@H]([C@@H]1OC(C(=O)O)=C[C@H](NC(=N)N)[C@H]1[N+]1=CCC1)[C@H](O)CO)CCCNC(=O)CCO[C@@H]([C@@H]1OC(C(=O)O)=C[C@H](NC(=N)N)[C@H]1NC(C)=O)[C@H](O)CO. The maximum atomic E-state index is 13.5. The fourth-order valence-corrected chi connectivity index (χ4v) is 8.63. The number of terminal acetylenes is 1. The fraction of sp³-hybridized carbons (Fsp3) is 0.700. The van der Waals surface area contributed by atoms with E-state index in [1.165, 1.54) is 13.0 Å². The molecule has 0 aromatic heterocycles. The summed E-state index contributed by atoms with van der Waals surface area (Å²) in [5.74, 6) is -4.40. The first-order chi connectivity index (χ1) is 38.8. The number of aliphatic carboxylic acids is 2. The summed E-state index contributed by atoms with van der Waals surface area (Å²) < 4.78 is 46.6. The maximum absolute atomic E-state index is 13.5. The molecule has 0 radical (unpaired) electrons. The zero-order valence-electron chi connectivity index (χ0n) is 45.5. The second kappa shape index (κ2) is 38.1. The van der Waals surface area contributed by atoms with E-state index >= 15 is 0 Å². The van der Waals surface area contributed by atoms with Crippen molar-refractivity contribution in [2.75, 3.05) is 112 Å². The van der Waals surface area contributed by atoms with Gasteiger partial charge in [0.2, 0.25) is 41.2 Å². The molecule has 0 bridgehead atoms. The van der Waals surface area contributed by atoms with E-state index < -0.39 is 127 Å². The van der Waals surface area contributed by atoms with Crippen LogP contribution in [0, 0.1) is 23.2 Å². The van der Waals surface area contributed by atoms with E-state index in [-0.39, 0.29) is 91.0 Å². The predicted octanol–water partition coefficient (Wildman–Crippen LogP) is -5.64. The molecule has 17 N–H and O–H groups in total. The number of nitrogens with zero attached hydrogens (tertiary/aromatic N) is 2. The number of aliphatic hydroxyl groups is 4. The molecule has 31 nitrogen and oxygen atoms in total. The number of carbonyl (C=O) groups is 6. The van der Waals surface area contributed by atoms with Gasteiger partial charge in [-0.3, -0.25) is 30.0 Å². The zero-order valence-corrected chi connectivity index (χ0v) is 45.5. The third kappa shape index (κ3) is 25.3. The van der Waals surface area contributed by atoms with E-state index in [1.807, 2.05) is 10.8 Å². The minimum Gasteiger partial charge on any atom is -0.478 e. The number of nitrogens with one attached hydrogen (secondary N) is 7. The molecule has 0 fully saturated rings. The molecule has 31 heteroatoms. The molecule has 3 rings (SSSR count). The van der Waals surface area contributed by atoms with Crippen LogP contribution in [0.4, 0.5) is 0 Å². The lowest BCUT2D eigenvalue weighted by molar-refractivity contribution is -0.598. The van der Waals surface area contributed by atoms with Gasteiger partial charge in [0.15, 0.2) is 30.7 Å². The average molecular weight is 1160 g/mol. The number of carbonyl (C=O) groups excluding carboxylic acids is 4. The number of amides is 4. The molecule has 10 atom stereocenters. The number of rotatable bonds is 42. The number of guanidine groups is 2. The molecule has 4 amide bonds. The average Bonchev–Trinajstić information content (AvgIpc) is 3.48.